The number of benzene rings is 2. The minimum atomic E-state index is 0.626. The molecule has 2 rings (SSSR count). The summed E-state index contributed by atoms with van der Waals surface area (Å²) in [6.45, 7) is 5.75. The summed E-state index contributed by atoms with van der Waals surface area (Å²) in [5.41, 5.74) is 4.93. The molecule has 0 fully saturated rings. The second-order valence-corrected chi connectivity index (χ2v) is 5.53. The lowest BCUT2D eigenvalue weighted by molar-refractivity contribution is 0.321. The van der Waals surface area contributed by atoms with Gasteiger partial charge in [0.15, 0.2) is 11.5 Å². The van der Waals surface area contributed by atoms with Crippen LogP contribution >= 0.6 is 0 Å². The molecule has 0 saturated carbocycles. The normalized spacial score (nSPS) is 10.5. The third-order valence-electron chi connectivity index (χ3n) is 3.91. The standard InChI is InChI=1S/C19H25NO3/c1-13-6-7-15(14(2)10-13)11-20-12-16-8-9-17(21-3)19(23-5)18(16)22-4/h6-10,20H,11-12H2,1-5H3. The van der Waals surface area contributed by atoms with Crippen LogP contribution in [0.3, 0.4) is 0 Å². The molecule has 4 nitrogen and oxygen atoms in total. The van der Waals surface area contributed by atoms with Crippen LogP contribution in [0.5, 0.6) is 17.2 Å². The second-order valence-electron chi connectivity index (χ2n) is 5.53. The molecule has 0 saturated heterocycles. The molecule has 23 heavy (non-hydrogen) atoms. The Morgan fingerprint density at radius 3 is 2.04 bits per heavy atom. The predicted octanol–water partition coefficient (Wildman–Crippen LogP) is 3.62. The highest BCUT2D eigenvalue weighted by atomic mass is 16.5. The van der Waals surface area contributed by atoms with Gasteiger partial charge in [-0.1, -0.05) is 29.8 Å². The van der Waals surface area contributed by atoms with Crippen LogP contribution in [0.4, 0.5) is 0 Å². The lowest BCUT2D eigenvalue weighted by atomic mass is 10.1. The maximum atomic E-state index is 5.51. The monoisotopic (exact) mass is 315 g/mol. The number of hydrogen-bond acceptors (Lipinski definition) is 4. The van der Waals surface area contributed by atoms with E-state index in [-0.39, 0.29) is 0 Å². The average molecular weight is 315 g/mol. The first kappa shape index (κ1) is 17.2. The zero-order valence-electron chi connectivity index (χ0n) is 14.5. The van der Waals surface area contributed by atoms with Crippen molar-refractivity contribution in [2.75, 3.05) is 21.3 Å². The summed E-state index contributed by atoms with van der Waals surface area (Å²) in [5.74, 6) is 2.00. The van der Waals surface area contributed by atoms with Gasteiger partial charge in [0.1, 0.15) is 0 Å². The van der Waals surface area contributed by atoms with Crippen LogP contribution < -0.4 is 19.5 Å². The first-order valence-electron chi connectivity index (χ1n) is 7.65. The number of nitrogens with one attached hydrogen (secondary N) is 1. The van der Waals surface area contributed by atoms with Crippen LogP contribution in [0.15, 0.2) is 30.3 Å². The first-order valence-corrected chi connectivity index (χ1v) is 7.65. The SMILES string of the molecule is COc1ccc(CNCc2ccc(C)cc2C)c(OC)c1OC. The van der Waals surface area contributed by atoms with Crippen LogP contribution in [0.25, 0.3) is 0 Å². The van der Waals surface area contributed by atoms with E-state index in [1.54, 1.807) is 21.3 Å². The highest BCUT2D eigenvalue weighted by Crippen LogP contribution is 2.39. The van der Waals surface area contributed by atoms with Crippen LogP contribution in [0.2, 0.25) is 0 Å². The van der Waals surface area contributed by atoms with Gasteiger partial charge in [-0.25, -0.2) is 0 Å². The Hall–Kier alpha value is -2.20. The summed E-state index contributed by atoms with van der Waals surface area (Å²) in [6, 6.07) is 10.4. The van der Waals surface area contributed by atoms with Crippen LogP contribution in [0, 0.1) is 13.8 Å². The van der Waals surface area contributed by atoms with E-state index in [4.69, 9.17) is 14.2 Å². The van der Waals surface area contributed by atoms with Gasteiger partial charge in [-0.3, -0.25) is 0 Å². The summed E-state index contributed by atoms with van der Waals surface area (Å²) in [6.07, 6.45) is 0. The summed E-state index contributed by atoms with van der Waals surface area (Å²) in [7, 11) is 4.88. The van der Waals surface area contributed by atoms with Crippen LogP contribution in [-0.2, 0) is 13.1 Å². The largest absolute Gasteiger partial charge is 0.493 e. The molecular weight excluding hydrogens is 290 g/mol. The van der Waals surface area contributed by atoms with Crippen molar-refractivity contribution in [3.05, 3.63) is 52.6 Å². The van der Waals surface area contributed by atoms with Gasteiger partial charge in [-0.05, 0) is 31.0 Å². The smallest absolute Gasteiger partial charge is 0.203 e. The van der Waals surface area contributed by atoms with E-state index >= 15 is 0 Å². The molecular formula is C19H25NO3. The quantitative estimate of drug-likeness (QED) is 0.847. The number of methoxy groups -OCH3 is 3. The molecule has 0 spiro atoms. The number of ether oxygens (including phenoxy) is 3. The predicted molar refractivity (Wildman–Crippen MR) is 92.6 cm³/mol. The van der Waals surface area contributed by atoms with Gasteiger partial charge < -0.3 is 19.5 Å². The number of hydrogen-bond donors (Lipinski definition) is 1. The summed E-state index contributed by atoms with van der Waals surface area (Å²) in [5, 5.41) is 3.47. The van der Waals surface area contributed by atoms with Crippen molar-refractivity contribution in [3.63, 3.8) is 0 Å². The minimum absolute atomic E-state index is 0.626. The van der Waals surface area contributed by atoms with Gasteiger partial charge in [-0.2, -0.15) is 0 Å². The van der Waals surface area contributed by atoms with E-state index in [9.17, 15) is 0 Å². The van der Waals surface area contributed by atoms with Crippen molar-refractivity contribution in [3.8, 4) is 17.2 Å². The van der Waals surface area contributed by atoms with E-state index in [0.717, 1.165) is 12.1 Å². The molecule has 0 aromatic heterocycles. The van der Waals surface area contributed by atoms with Crippen molar-refractivity contribution in [1.29, 1.82) is 0 Å². The molecule has 124 valence electrons. The molecule has 0 atom stereocenters. The Labute approximate surface area is 138 Å². The Kier molecular flexibility index (Phi) is 5.88. The second kappa shape index (κ2) is 7.88. The fourth-order valence-corrected chi connectivity index (χ4v) is 2.68. The average Bonchev–Trinajstić information content (AvgIpc) is 2.55. The third kappa shape index (κ3) is 3.96. The van der Waals surface area contributed by atoms with Crippen molar-refractivity contribution in [1.82, 2.24) is 5.32 Å². The van der Waals surface area contributed by atoms with Gasteiger partial charge in [0.05, 0.1) is 21.3 Å². The zero-order chi connectivity index (χ0) is 16.8. The van der Waals surface area contributed by atoms with E-state index < -0.39 is 0 Å². The highest BCUT2D eigenvalue weighted by molar-refractivity contribution is 5.55. The molecule has 0 amide bonds. The first-order chi connectivity index (χ1) is 11.1. The van der Waals surface area contributed by atoms with Gasteiger partial charge >= 0.3 is 0 Å². The molecule has 0 heterocycles. The van der Waals surface area contributed by atoms with E-state index in [2.05, 4.69) is 37.4 Å². The molecule has 2 aromatic carbocycles. The van der Waals surface area contributed by atoms with Crippen molar-refractivity contribution in [2.45, 2.75) is 26.9 Å². The van der Waals surface area contributed by atoms with Crippen molar-refractivity contribution >= 4 is 0 Å². The van der Waals surface area contributed by atoms with E-state index in [1.807, 2.05) is 12.1 Å². The molecule has 0 radical (unpaired) electrons. The van der Waals surface area contributed by atoms with Gasteiger partial charge in [-0.15, -0.1) is 0 Å². The van der Waals surface area contributed by atoms with Gasteiger partial charge in [0.2, 0.25) is 5.75 Å². The van der Waals surface area contributed by atoms with Gasteiger partial charge in [0, 0.05) is 18.7 Å². The molecule has 4 heteroatoms. The Morgan fingerprint density at radius 1 is 0.783 bits per heavy atom. The lowest BCUT2D eigenvalue weighted by Gasteiger charge is -2.16. The third-order valence-corrected chi connectivity index (χ3v) is 3.91. The Balaban J connectivity index is 2.11. The van der Waals surface area contributed by atoms with Crippen molar-refractivity contribution < 1.29 is 14.2 Å². The Bertz CT molecular complexity index is 668. The van der Waals surface area contributed by atoms with E-state index in [0.29, 0.717) is 23.8 Å². The molecule has 0 aliphatic rings. The molecule has 0 bridgehead atoms. The van der Waals surface area contributed by atoms with E-state index in [1.165, 1.54) is 16.7 Å². The van der Waals surface area contributed by atoms with Gasteiger partial charge in [0.25, 0.3) is 0 Å². The van der Waals surface area contributed by atoms with Crippen LogP contribution in [-0.4, -0.2) is 21.3 Å². The maximum Gasteiger partial charge on any atom is 0.203 e. The fraction of sp³-hybridized carbons (Fsp3) is 0.368. The zero-order valence-corrected chi connectivity index (χ0v) is 14.5. The topological polar surface area (TPSA) is 39.7 Å². The summed E-state index contributed by atoms with van der Waals surface area (Å²) < 4.78 is 16.2. The van der Waals surface area contributed by atoms with Crippen LogP contribution in [0.1, 0.15) is 22.3 Å². The summed E-state index contributed by atoms with van der Waals surface area (Å²) >= 11 is 0. The number of rotatable bonds is 7. The lowest BCUT2D eigenvalue weighted by Crippen LogP contribution is -2.14. The molecule has 1 N–H and O–H groups in total. The maximum absolute atomic E-state index is 5.51. The number of aryl methyl sites for hydroxylation is 2. The van der Waals surface area contributed by atoms with Crippen molar-refractivity contribution in [2.24, 2.45) is 0 Å². The molecule has 0 unspecified atom stereocenters. The Morgan fingerprint density at radius 2 is 1.43 bits per heavy atom. The minimum Gasteiger partial charge on any atom is -0.493 e. The molecule has 2 aromatic rings. The molecule has 0 aliphatic carbocycles. The summed E-state index contributed by atoms with van der Waals surface area (Å²) in [4.78, 5) is 0. The fourth-order valence-electron chi connectivity index (χ4n) is 2.68. The molecule has 0 aliphatic heterocycles. The highest BCUT2D eigenvalue weighted by Gasteiger charge is 2.15.